The van der Waals surface area contributed by atoms with E-state index < -0.39 is 11.9 Å². The number of ether oxygens (including phenoxy) is 5. The average Bonchev–Trinajstić information content (AvgIpc) is 3.98. The lowest BCUT2D eigenvalue weighted by Crippen LogP contribution is -2.52. The number of piperidine rings is 2. The maximum Gasteiger partial charge on any atom is 0.255 e. The molecule has 5 aromatic rings. The maximum atomic E-state index is 13.6. The molecule has 0 bridgehead atoms. The first-order valence-corrected chi connectivity index (χ1v) is 25.6. The van der Waals surface area contributed by atoms with Crippen LogP contribution in [0.25, 0.3) is 22.3 Å². The highest BCUT2D eigenvalue weighted by Crippen LogP contribution is 2.36. The van der Waals surface area contributed by atoms with E-state index in [2.05, 4.69) is 25.5 Å². The molecule has 1 unspecified atom stereocenters. The summed E-state index contributed by atoms with van der Waals surface area (Å²) in [6, 6.07) is 22.1. The molecule has 3 saturated heterocycles. The van der Waals surface area contributed by atoms with Crippen LogP contribution in [0.4, 0.5) is 11.5 Å². The Labute approximate surface area is 429 Å². The van der Waals surface area contributed by atoms with Crippen LogP contribution in [-0.2, 0) is 44.7 Å². The number of nitrogen functional groups attached to an aromatic ring is 1. The monoisotopic (exact) mass is 1020 g/mol. The van der Waals surface area contributed by atoms with E-state index in [1.807, 2.05) is 75.1 Å². The number of hydrogen-bond acceptors (Lipinski definition) is 16. The highest BCUT2D eigenvalue weighted by molar-refractivity contribution is 6.06. The zero-order chi connectivity index (χ0) is 51.2. The first-order valence-electron chi connectivity index (χ1n) is 25.6. The summed E-state index contributed by atoms with van der Waals surface area (Å²) in [5, 5.41) is 11.4. The van der Waals surface area contributed by atoms with E-state index in [4.69, 9.17) is 34.5 Å². The number of nitrogens with two attached hydrogens (primary N) is 1. The number of carbonyl (C=O) groups excluding carboxylic acids is 5. The van der Waals surface area contributed by atoms with Crippen LogP contribution in [0.3, 0.4) is 0 Å². The highest BCUT2D eigenvalue weighted by atomic mass is 16.6. The molecule has 392 valence electrons. The SMILES string of the molecule is Nc1ncnc2c1c(-c1ccc(Oc3ccccc3)cc1)nn2[C@@H]1CCCN(C(=O)CCCN2CCN(C(=O)COCCOCCOCCOCCNc3cccc4c3CN(C3CCC(=O)NC3=O)C4=O)CC2)C1. The number of hydrogen-bond donors (Lipinski definition) is 3. The lowest BCUT2D eigenvalue weighted by atomic mass is 10.0. The number of imide groups is 1. The normalized spacial score (nSPS) is 18.2. The van der Waals surface area contributed by atoms with Crippen LogP contribution in [0.5, 0.6) is 11.5 Å². The van der Waals surface area contributed by atoms with Gasteiger partial charge < -0.3 is 49.4 Å². The lowest BCUT2D eigenvalue weighted by Gasteiger charge is -2.35. The number of likely N-dealkylation sites (tertiary alicyclic amines) is 1. The quantitative estimate of drug-likeness (QED) is 0.0587. The van der Waals surface area contributed by atoms with Gasteiger partial charge in [-0.1, -0.05) is 24.3 Å². The zero-order valence-corrected chi connectivity index (χ0v) is 41.7. The van der Waals surface area contributed by atoms with Crippen LogP contribution in [0.2, 0.25) is 0 Å². The Morgan fingerprint density at radius 2 is 1.49 bits per heavy atom. The van der Waals surface area contributed by atoms with Gasteiger partial charge in [0.05, 0.1) is 57.7 Å². The standard InChI is InChI=1S/C53H65N11O10/c54-50-48-49(37-13-15-40(16-14-37)74-39-8-2-1-3-9-39)59-64(51(48)57-36-56-50)38-7-5-21-62(33-38)46(66)12-6-20-60-22-24-61(25-23-60)47(67)35-73-32-31-72-30-29-71-28-27-70-26-19-55-43-11-4-10-41-42(43)34-63(53(41)69)44-17-18-45(65)58-52(44)68/h1-4,8-11,13-16,36,38,44,55H,5-7,12,17-35H2,(H2,54,56,57)(H,58,65,68)/t38-,44?/m1/s1. The number of nitrogens with one attached hydrogen (secondary N) is 2. The molecule has 4 N–H and O–H groups in total. The van der Waals surface area contributed by atoms with E-state index in [0.29, 0.717) is 132 Å². The van der Waals surface area contributed by atoms with Gasteiger partial charge in [-0.15, -0.1) is 0 Å². The molecule has 4 aliphatic rings. The summed E-state index contributed by atoms with van der Waals surface area (Å²) < 4.78 is 30.4. The molecule has 3 aromatic carbocycles. The van der Waals surface area contributed by atoms with Gasteiger partial charge in [-0.2, -0.15) is 5.10 Å². The number of rotatable bonds is 24. The number of piperazine rings is 1. The van der Waals surface area contributed by atoms with Gasteiger partial charge >= 0.3 is 0 Å². The number of amides is 5. The minimum atomic E-state index is -0.657. The van der Waals surface area contributed by atoms with Crippen molar-refractivity contribution in [3.05, 3.63) is 90.3 Å². The molecule has 2 aromatic heterocycles. The van der Waals surface area contributed by atoms with E-state index >= 15 is 0 Å². The van der Waals surface area contributed by atoms with Crippen molar-refractivity contribution in [1.29, 1.82) is 0 Å². The van der Waals surface area contributed by atoms with Crippen LogP contribution in [0.1, 0.15) is 60.5 Å². The summed E-state index contributed by atoms with van der Waals surface area (Å²) in [5.74, 6) is 0.936. The molecule has 2 atom stereocenters. The Bertz CT molecular complexity index is 2730. The fourth-order valence-electron chi connectivity index (χ4n) is 9.89. The van der Waals surface area contributed by atoms with Crippen molar-refractivity contribution in [3.63, 3.8) is 0 Å². The predicted octanol–water partition coefficient (Wildman–Crippen LogP) is 3.90. The summed E-state index contributed by atoms with van der Waals surface area (Å²) in [4.78, 5) is 79.9. The van der Waals surface area contributed by atoms with Gasteiger partial charge in [0, 0.05) is 87.6 Å². The molecule has 0 saturated carbocycles. The number of para-hydroxylation sites is 1. The molecule has 5 amide bonds. The number of anilines is 2. The molecule has 6 heterocycles. The topological polar surface area (TPSA) is 238 Å². The van der Waals surface area contributed by atoms with Crippen molar-refractivity contribution in [2.45, 2.75) is 57.2 Å². The Kier molecular flexibility index (Phi) is 17.7. The van der Waals surface area contributed by atoms with E-state index in [1.54, 1.807) is 12.1 Å². The summed E-state index contributed by atoms with van der Waals surface area (Å²) in [6.45, 7) is 8.20. The van der Waals surface area contributed by atoms with Gasteiger partial charge in [0.1, 0.15) is 42.0 Å². The first kappa shape index (κ1) is 51.8. The van der Waals surface area contributed by atoms with E-state index in [1.165, 1.54) is 11.2 Å². The van der Waals surface area contributed by atoms with Crippen molar-refractivity contribution >= 4 is 52.1 Å². The van der Waals surface area contributed by atoms with E-state index in [0.717, 1.165) is 61.5 Å². The molecular formula is C53H65N11O10. The van der Waals surface area contributed by atoms with Gasteiger partial charge in [-0.3, -0.25) is 34.2 Å². The summed E-state index contributed by atoms with van der Waals surface area (Å²) in [6.07, 6.45) is 4.87. The minimum absolute atomic E-state index is 0.00322. The molecule has 21 nitrogen and oxygen atoms in total. The second-order valence-electron chi connectivity index (χ2n) is 18.7. The lowest BCUT2D eigenvalue weighted by molar-refractivity contribution is -0.139. The number of carbonyl (C=O) groups is 5. The Morgan fingerprint density at radius 3 is 2.24 bits per heavy atom. The number of benzene rings is 3. The third-order valence-electron chi connectivity index (χ3n) is 13.8. The Balaban J connectivity index is 0.595. The van der Waals surface area contributed by atoms with Crippen LogP contribution in [-0.4, -0.2) is 180 Å². The van der Waals surface area contributed by atoms with Crippen molar-refractivity contribution in [2.24, 2.45) is 0 Å². The van der Waals surface area contributed by atoms with Gasteiger partial charge in [-0.25, -0.2) is 14.6 Å². The minimum Gasteiger partial charge on any atom is -0.457 e. The zero-order valence-electron chi connectivity index (χ0n) is 41.7. The smallest absolute Gasteiger partial charge is 0.255 e. The van der Waals surface area contributed by atoms with Gasteiger partial charge in [0.25, 0.3) is 5.91 Å². The van der Waals surface area contributed by atoms with Crippen LogP contribution < -0.4 is 21.1 Å². The third-order valence-corrected chi connectivity index (χ3v) is 13.8. The molecule has 9 rings (SSSR count). The largest absolute Gasteiger partial charge is 0.457 e. The molecule has 0 radical (unpaired) electrons. The molecule has 74 heavy (non-hydrogen) atoms. The van der Waals surface area contributed by atoms with Crippen molar-refractivity contribution in [2.75, 3.05) is 116 Å². The second-order valence-corrected chi connectivity index (χ2v) is 18.7. The van der Waals surface area contributed by atoms with Crippen molar-refractivity contribution in [3.8, 4) is 22.8 Å². The van der Waals surface area contributed by atoms with Crippen LogP contribution in [0.15, 0.2) is 79.1 Å². The maximum absolute atomic E-state index is 13.6. The molecule has 0 spiro atoms. The first-order chi connectivity index (χ1) is 36.2. The Hall–Kier alpha value is -7.04. The molecule has 21 heteroatoms. The predicted molar refractivity (Wildman–Crippen MR) is 273 cm³/mol. The van der Waals surface area contributed by atoms with Crippen molar-refractivity contribution in [1.82, 2.24) is 44.7 Å². The third kappa shape index (κ3) is 13.0. The fraction of sp³-hybridized carbons (Fsp3) is 0.472. The van der Waals surface area contributed by atoms with Crippen molar-refractivity contribution < 1.29 is 47.7 Å². The fourth-order valence-corrected chi connectivity index (χ4v) is 9.89. The van der Waals surface area contributed by atoms with Gasteiger partial charge in [0.2, 0.25) is 23.6 Å². The van der Waals surface area contributed by atoms with Gasteiger partial charge in [-0.05, 0) is 80.8 Å². The second kappa shape index (κ2) is 25.3. The number of nitrogens with zero attached hydrogens (tertiary/aromatic N) is 8. The molecule has 4 aliphatic heterocycles. The molecule has 0 aliphatic carbocycles. The Morgan fingerprint density at radius 1 is 0.757 bits per heavy atom. The summed E-state index contributed by atoms with van der Waals surface area (Å²) in [5.41, 5.74) is 10.8. The van der Waals surface area contributed by atoms with Gasteiger partial charge in [0.15, 0.2) is 5.65 Å². The van der Waals surface area contributed by atoms with Crippen LogP contribution in [0, 0.1) is 0 Å². The average molecular weight is 1020 g/mol. The summed E-state index contributed by atoms with van der Waals surface area (Å²) in [7, 11) is 0. The van der Waals surface area contributed by atoms with Crippen LogP contribution >= 0.6 is 0 Å². The summed E-state index contributed by atoms with van der Waals surface area (Å²) >= 11 is 0. The highest BCUT2D eigenvalue weighted by Gasteiger charge is 2.40. The van der Waals surface area contributed by atoms with E-state index in [9.17, 15) is 24.0 Å². The number of fused-ring (bicyclic) bond motifs is 2. The number of aromatic nitrogens is 4. The van der Waals surface area contributed by atoms with E-state index in [-0.39, 0.29) is 42.7 Å². The molecular weight excluding hydrogens is 951 g/mol. The molecule has 3 fully saturated rings.